The molecule has 0 amide bonds. The highest BCUT2D eigenvalue weighted by atomic mass is 19.1. The van der Waals surface area contributed by atoms with Gasteiger partial charge < -0.3 is 9.47 Å². The van der Waals surface area contributed by atoms with E-state index >= 15 is 0 Å². The number of hydrogen-bond acceptors (Lipinski definition) is 4. The van der Waals surface area contributed by atoms with Crippen molar-refractivity contribution in [3.8, 4) is 5.75 Å². The Kier molecular flexibility index (Phi) is 5.30. The second-order valence-electron chi connectivity index (χ2n) is 3.56. The van der Waals surface area contributed by atoms with Crippen LogP contribution in [-0.4, -0.2) is 18.5 Å². The molecule has 0 fully saturated rings. The first-order valence-corrected chi connectivity index (χ1v) is 5.73. The quantitative estimate of drug-likeness (QED) is 0.459. The number of carbonyl (C=O) groups is 2. The lowest BCUT2D eigenvalue weighted by Crippen LogP contribution is -2.29. The second-order valence-corrected chi connectivity index (χ2v) is 3.56. The smallest absolute Gasteiger partial charge is 0.325 e. The summed E-state index contributed by atoms with van der Waals surface area (Å²) in [6, 6.07) is 5.52. The normalized spacial score (nSPS) is 11.7. The largest absolute Gasteiger partial charge is 0.465 e. The topological polar surface area (TPSA) is 52.6 Å². The lowest BCUT2D eigenvalue weighted by atomic mass is 10.1. The van der Waals surface area contributed by atoms with E-state index in [9.17, 15) is 14.0 Å². The number of esters is 2. The molecule has 98 valence electrons. The van der Waals surface area contributed by atoms with Gasteiger partial charge in [0.15, 0.2) is 17.5 Å². The Labute approximate surface area is 105 Å². The molecule has 1 rings (SSSR count). The van der Waals surface area contributed by atoms with Crippen LogP contribution in [0.2, 0.25) is 0 Å². The maximum absolute atomic E-state index is 13.3. The van der Waals surface area contributed by atoms with Crippen LogP contribution in [0.5, 0.6) is 5.75 Å². The molecule has 0 aliphatic heterocycles. The van der Waals surface area contributed by atoms with Crippen LogP contribution in [0, 0.1) is 11.7 Å². The number of rotatable bonds is 5. The van der Waals surface area contributed by atoms with Gasteiger partial charge in [-0.2, -0.15) is 0 Å². The third-order valence-corrected chi connectivity index (χ3v) is 2.31. The van der Waals surface area contributed by atoms with Gasteiger partial charge in [0.2, 0.25) is 0 Å². The van der Waals surface area contributed by atoms with Gasteiger partial charge in [-0.15, -0.1) is 0 Å². The highest BCUT2D eigenvalue weighted by Crippen LogP contribution is 2.18. The minimum absolute atomic E-state index is 0.183. The van der Waals surface area contributed by atoms with E-state index in [4.69, 9.17) is 9.47 Å². The molecule has 0 aliphatic rings. The van der Waals surface area contributed by atoms with Crippen LogP contribution in [0.4, 0.5) is 4.39 Å². The average Bonchev–Trinajstić information content (AvgIpc) is 2.33. The molecular weight excluding hydrogens is 239 g/mol. The molecule has 4 nitrogen and oxygen atoms in total. The predicted molar refractivity (Wildman–Crippen MR) is 62.4 cm³/mol. The molecule has 0 N–H and O–H groups in total. The Hall–Kier alpha value is -1.91. The summed E-state index contributed by atoms with van der Waals surface area (Å²) in [6.45, 7) is 3.49. The van der Waals surface area contributed by atoms with Crippen molar-refractivity contribution < 1.29 is 23.5 Å². The third-order valence-electron chi connectivity index (χ3n) is 2.31. The zero-order chi connectivity index (χ0) is 13.5. The molecule has 1 unspecified atom stereocenters. The van der Waals surface area contributed by atoms with Gasteiger partial charge in [-0.1, -0.05) is 19.1 Å². The Morgan fingerprint density at radius 1 is 1.22 bits per heavy atom. The van der Waals surface area contributed by atoms with Crippen LogP contribution in [0.25, 0.3) is 0 Å². The molecular formula is C13H15FO4. The fraction of sp³-hybridized carbons (Fsp3) is 0.385. The molecule has 0 spiro atoms. The molecule has 0 aromatic heterocycles. The lowest BCUT2D eigenvalue weighted by molar-refractivity contribution is -0.157. The number of hydrogen-bond donors (Lipinski definition) is 0. The summed E-state index contributed by atoms with van der Waals surface area (Å²) in [4.78, 5) is 23.2. The van der Waals surface area contributed by atoms with Crippen molar-refractivity contribution in [2.24, 2.45) is 5.92 Å². The summed E-state index contributed by atoms with van der Waals surface area (Å²) in [6.07, 6.45) is 0.242. The summed E-state index contributed by atoms with van der Waals surface area (Å²) in [5.41, 5.74) is 0. The van der Waals surface area contributed by atoms with Gasteiger partial charge in [-0.3, -0.25) is 9.59 Å². The highest BCUT2D eigenvalue weighted by Gasteiger charge is 2.28. The Morgan fingerprint density at radius 3 is 2.44 bits per heavy atom. The maximum Gasteiger partial charge on any atom is 0.325 e. The fourth-order valence-corrected chi connectivity index (χ4v) is 1.38. The first kappa shape index (κ1) is 14.2. The van der Waals surface area contributed by atoms with E-state index in [0.717, 1.165) is 0 Å². The van der Waals surface area contributed by atoms with Gasteiger partial charge in [-0.05, 0) is 25.5 Å². The number of para-hydroxylation sites is 1. The van der Waals surface area contributed by atoms with Crippen LogP contribution in [0.15, 0.2) is 24.3 Å². The first-order chi connectivity index (χ1) is 8.60. The molecule has 18 heavy (non-hydrogen) atoms. The third kappa shape index (κ3) is 3.55. The zero-order valence-electron chi connectivity index (χ0n) is 10.3. The van der Waals surface area contributed by atoms with Crippen LogP contribution >= 0.6 is 0 Å². The summed E-state index contributed by atoms with van der Waals surface area (Å²) >= 11 is 0. The molecule has 1 atom stereocenters. The Bertz CT molecular complexity index is 431. The van der Waals surface area contributed by atoms with Gasteiger partial charge in [0.05, 0.1) is 6.61 Å². The van der Waals surface area contributed by atoms with E-state index in [-0.39, 0.29) is 18.8 Å². The van der Waals surface area contributed by atoms with Gasteiger partial charge in [0.25, 0.3) is 0 Å². The van der Waals surface area contributed by atoms with E-state index in [1.165, 1.54) is 24.3 Å². The van der Waals surface area contributed by atoms with Crippen molar-refractivity contribution >= 4 is 11.9 Å². The summed E-state index contributed by atoms with van der Waals surface area (Å²) < 4.78 is 22.9. The standard InChI is InChI=1S/C13H15FO4/c1-3-9(12(15)17-4-2)13(16)18-11-8-6-5-7-10(11)14/h5-9H,3-4H2,1-2H3. The van der Waals surface area contributed by atoms with Gasteiger partial charge in [0, 0.05) is 0 Å². The number of ether oxygens (including phenoxy) is 2. The first-order valence-electron chi connectivity index (χ1n) is 5.73. The monoisotopic (exact) mass is 254 g/mol. The highest BCUT2D eigenvalue weighted by molar-refractivity contribution is 5.95. The molecule has 0 radical (unpaired) electrons. The second kappa shape index (κ2) is 6.74. The molecule has 1 aromatic carbocycles. The zero-order valence-corrected chi connectivity index (χ0v) is 10.3. The van der Waals surface area contributed by atoms with Crippen molar-refractivity contribution in [2.75, 3.05) is 6.61 Å². The minimum Gasteiger partial charge on any atom is -0.465 e. The van der Waals surface area contributed by atoms with Crippen molar-refractivity contribution in [1.82, 2.24) is 0 Å². The van der Waals surface area contributed by atoms with E-state index in [1.54, 1.807) is 13.8 Å². The van der Waals surface area contributed by atoms with Gasteiger partial charge in [0.1, 0.15) is 0 Å². The van der Waals surface area contributed by atoms with Crippen molar-refractivity contribution in [1.29, 1.82) is 0 Å². The molecule has 1 aromatic rings. The van der Waals surface area contributed by atoms with Crippen LogP contribution in [0.3, 0.4) is 0 Å². The fourth-order valence-electron chi connectivity index (χ4n) is 1.38. The van der Waals surface area contributed by atoms with Crippen molar-refractivity contribution in [3.05, 3.63) is 30.1 Å². The maximum atomic E-state index is 13.3. The summed E-state index contributed by atoms with van der Waals surface area (Å²) in [5.74, 6) is -3.32. The lowest BCUT2D eigenvalue weighted by Gasteiger charge is -2.12. The molecule has 5 heteroatoms. The average molecular weight is 254 g/mol. The molecule has 0 saturated carbocycles. The summed E-state index contributed by atoms with van der Waals surface area (Å²) in [7, 11) is 0. The van der Waals surface area contributed by atoms with Crippen LogP contribution in [0.1, 0.15) is 20.3 Å². The van der Waals surface area contributed by atoms with Crippen molar-refractivity contribution in [3.63, 3.8) is 0 Å². The minimum atomic E-state index is -1.02. The van der Waals surface area contributed by atoms with Crippen LogP contribution < -0.4 is 4.74 Å². The SMILES string of the molecule is CCOC(=O)C(CC)C(=O)Oc1ccccc1F. The van der Waals surface area contributed by atoms with E-state index in [2.05, 4.69) is 0 Å². The predicted octanol–water partition coefficient (Wildman–Crippen LogP) is 2.32. The number of carbonyl (C=O) groups excluding carboxylic acids is 2. The van der Waals surface area contributed by atoms with Crippen LogP contribution in [-0.2, 0) is 14.3 Å². The number of benzene rings is 1. The molecule has 0 saturated heterocycles. The molecule has 0 bridgehead atoms. The molecule has 0 heterocycles. The van der Waals surface area contributed by atoms with Crippen molar-refractivity contribution in [2.45, 2.75) is 20.3 Å². The van der Waals surface area contributed by atoms with Gasteiger partial charge >= 0.3 is 11.9 Å². The van der Waals surface area contributed by atoms with E-state index < -0.39 is 23.7 Å². The van der Waals surface area contributed by atoms with E-state index in [1.807, 2.05) is 0 Å². The molecule has 0 aliphatic carbocycles. The Balaban J connectivity index is 2.74. The number of halogens is 1. The van der Waals surface area contributed by atoms with Gasteiger partial charge in [-0.25, -0.2) is 4.39 Å². The van der Waals surface area contributed by atoms with E-state index in [0.29, 0.717) is 0 Å². The summed E-state index contributed by atoms with van der Waals surface area (Å²) in [5, 5.41) is 0. The Morgan fingerprint density at radius 2 is 1.89 bits per heavy atom.